The number of aliphatic hydroxyl groups is 1. The quantitative estimate of drug-likeness (QED) is 0.401. The van der Waals surface area contributed by atoms with Gasteiger partial charge in [0.2, 0.25) is 0 Å². The second-order valence-electron chi connectivity index (χ2n) is 13.8. The number of anilines is 1. The van der Waals surface area contributed by atoms with Crippen LogP contribution < -0.4 is 4.90 Å². The normalized spacial score (nSPS) is 22.2. The number of nitrogens with zero attached hydrogens (tertiary/aromatic N) is 1. The van der Waals surface area contributed by atoms with E-state index in [-0.39, 0.29) is 16.2 Å². The van der Waals surface area contributed by atoms with Crippen LogP contribution >= 0.6 is 0 Å². The van der Waals surface area contributed by atoms with Gasteiger partial charge in [-0.25, -0.2) is 0 Å². The van der Waals surface area contributed by atoms with Crippen LogP contribution in [0.5, 0.6) is 0 Å². The van der Waals surface area contributed by atoms with Gasteiger partial charge >= 0.3 is 0 Å². The minimum Gasteiger partial charge on any atom is -0.508 e. The van der Waals surface area contributed by atoms with Gasteiger partial charge in [0.15, 0.2) is 0 Å². The minimum atomic E-state index is -0.154. The summed E-state index contributed by atoms with van der Waals surface area (Å²) in [5, 5.41) is 11.6. The summed E-state index contributed by atoms with van der Waals surface area (Å²) < 4.78 is 0. The molecule has 39 heavy (non-hydrogen) atoms. The smallest absolute Gasteiger partial charge is 0.119 e. The van der Waals surface area contributed by atoms with Crippen molar-refractivity contribution in [2.75, 3.05) is 19.0 Å². The number of aryl methyl sites for hydroxylation is 1. The monoisotopic (exact) mass is 517 g/mol. The van der Waals surface area contributed by atoms with Gasteiger partial charge in [0.25, 0.3) is 0 Å². The van der Waals surface area contributed by atoms with Crippen LogP contribution in [0, 0.1) is 35.0 Å². The molecule has 0 heterocycles. The first kappa shape index (κ1) is 27.1. The van der Waals surface area contributed by atoms with Crippen molar-refractivity contribution >= 4 is 17.0 Å². The number of hydrogen-bond donors (Lipinski definition) is 1. The lowest BCUT2D eigenvalue weighted by Crippen LogP contribution is -2.42. The van der Waals surface area contributed by atoms with Crippen molar-refractivity contribution in [1.29, 1.82) is 0 Å². The van der Waals surface area contributed by atoms with Gasteiger partial charge in [-0.05, 0) is 107 Å². The van der Waals surface area contributed by atoms with Crippen LogP contribution in [0.25, 0.3) is 22.5 Å². The summed E-state index contributed by atoms with van der Waals surface area (Å²) in [5.74, 6) is 7.44. The van der Waals surface area contributed by atoms with Gasteiger partial charge in [-0.1, -0.05) is 70.4 Å². The zero-order valence-corrected chi connectivity index (χ0v) is 24.8. The fourth-order valence-corrected chi connectivity index (χ4v) is 7.91. The molecule has 3 aliphatic carbocycles. The molecule has 2 heteroatoms. The van der Waals surface area contributed by atoms with Gasteiger partial charge in [0.1, 0.15) is 5.76 Å². The Morgan fingerprint density at radius 3 is 2.33 bits per heavy atom. The predicted molar refractivity (Wildman–Crippen MR) is 168 cm³/mol. The van der Waals surface area contributed by atoms with E-state index in [1.165, 1.54) is 12.0 Å². The molecular weight excluding hydrogens is 474 g/mol. The Labute approximate surface area is 235 Å². The fraction of sp³-hybridized carbons (Fsp3) is 0.405. The van der Waals surface area contributed by atoms with E-state index in [0.717, 1.165) is 70.3 Å². The Hall–Kier alpha value is -3.44. The Bertz CT molecular complexity index is 1480. The van der Waals surface area contributed by atoms with E-state index in [1.807, 2.05) is 0 Å². The standard InChI is InChI=1S/C37H43NO/c1-25-19-32-31(21-30(25)27-13-12-14-28(20-27)38(7)8)26(2)29-15-10-9-11-16-33(29)37(18-17-34(32)39)23-35(3,4)22-36(5,6)24-37/h10,12-15,17,19-21,39H,2,9,18,22-24H2,1,3-8H3/b34-17+. The maximum Gasteiger partial charge on any atom is 0.119 e. The topological polar surface area (TPSA) is 23.5 Å². The highest BCUT2D eigenvalue weighted by atomic mass is 16.3. The van der Waals surface area contributed by atoms with Crippen molar-refractivity contribution in [1.82, 2.24) is 0 Å². The van der Waals surface area contributed by atoms with Crippen LogP contribution in [0.15, 0.2) is 72.4 Å². The lowest BCUT2D eigenvalue weighted by atomic mass is 9.51. The zero-order chi connectivity index (χ0) is 28.2. The molecule has 3 aliphatic rings. The number of benzene rings is 2. The zero-order valence-electron chi connectivity index (χ0n) is 24.8. The van der Waals surface area contributed by atoms with Gasteiger partial charge in [-0.15, -0.1) is 0 Å². The Balaban J connectivity index is 1.76. The van der Waals surface area contributed by atoms with E-state index >= 15 is 0 Å². The highest BCUT2D eigenvalue weighted by molar-refractivity contribution is 5.91. The van der Waals surface area contributed by atoms with Crippen LogP contribution in [0.3, 0.4) is 0 Å². The summed E-state index contributed by atoms with van der Waals surface area (Å²) in [5.41, 5.74) is 9.92. The van der Waals surface area contributed by atoms with Gasteiger partial charge in [-0.3, -0.25) is 0 Å². The summed E-state index contributed by atoms with van der Waals surface area (Å²) in [6, 6.07) is 13.0. The second-order valence-corrected chi connectivity index (χ2v) is 13.8. The number of rotatable bonds is 2. The van der Waals surface area contributed by atoms with E-state index < -0.39 is 0 Å². The highest BCUT2D eigenvalue weighted by Crippen LogP contribution is 2.60. The van der Waals surface area contributed by atoms with Crippen molar-refractivity contribution in [3.8, 4) is 23.0 Å². The Morgan fingerprint density at radius 1 is 0.923 bits per heavy atom. The third-order valence-electron chi connectivity index (χ3n) is 8.76. The van der Waals surface area contributed by atoms with Gasteiger partial charge < -0.3 is 10.0 Å². The first-order valence-corrected chi connectivity index (χ1v) is 14.2. The Kier molecular flexibility index (Phi) is 6.70. The molecule has 1 N–H and O–H groups in total. The molecule has 0 saturated heterocycles. The molecule has 0 atom stereocenters. The third kappa shape index (κ3) is 5.12. The molecule has 0 radical (unpaired) electrons. The molecule has 5 rings (SSSR count). The van der Waals surface area contributed by atoms with Gasteiger partial charge in [-0.2, -0.15) is 0 Å². The third-order valence-corrected chi connectivity index (χ3v) is 8.76. The molecule has 2 aromatic carbocycles. The number of fused-ring (bicyclic) bond motifs is 2. The van der Waals surface area contributed by atoms with E-state index in [4.69, 9.17) is 6.58 Å². The maximum atomic E-state index is 11.6. The molecule has 2 aromatic rings. The number of allylic oxidation sites excluding steroid dienone is 6. The van der Waals surface area contributed by atoms with Crippen LogP contribution in [-0.4, -0.2) is 19.2 Å². The SMILES string of the molecule is C=C1C2=C(C#CCC=C2)C2(C/C=C(/O)c3cc(C)c(-c4cccc(N(C)C)c4)cc31)CC(C)(C)CC(C)(C)C2. The molecule has 2 nitrogen and oxygen atoms in total. The molecule has 1 spiro atoms. The highest BCUT2D eigenvalue weighted by Gasteiger charge is 2.49. The largest absolute Gasteiger partial charge is 0.508 e. The molecule has 0 amide bonds. The summed E-state index contributed by atoms with van der Waals surface area (Å²) in [7, 11) is 4.13. The molecule has 0 aliphatic heterocycles. The van der Waals surface area contributed by atoms with Crippen LogP contribution in [-0.2, 0) is 0 Å². The summed E-state index contributed by atoms with van der Waals surface area (Å²) >= 11 is 0. The molecule has 0 aromatic heterocycles. The molecule has 0 bridgehead atoms. The van der Waals surface area contributed by atoms with Crippen molar-refractivity contribution in [3.63, 3.8) is 0 Å². The summed E-state index contributed by atoms with van der Waals surface area (Å²) in [4.78, 5) is 2.13. The number of hydrogen-bond acceptors (Lipinski definition) is 2. The molecule has 202 valence electrons. The lowest BCUT2D eigenvalue weighted by Gasteiger charge is -2.52. The maximum absolute atomic E-state index is 11.6. The first-order valence-electron chi connectivity index (χ1n) is 14.2. The average Bonchev–Trinajstić information content (AvgIpc) is 3.10. The van der Waals surface area contributed by atoms with Crippen molar-refractivity contribution < 1.29 is 5.11 Å². The van der Waals surface area contributed by atoms with Crippen molar-refractivity contribution in [2.45, 2.75) is 66.7 Å². The fourth-order valence-electron chi connectivity index (χ4n) is 7.91. The summed E-state index contributed by atoms with van der Waals surface area (Å²) in [6.07, 6.45) is 11.3. The second kappa shape index (κ2) is 9.63. The summed E-state index contributed by atoms with van der Waals surface area (Å²) in [6.45, 7) is 16.4. The molecule has 1 fully saturated rings. The van der Waals surface area contributed by atoms with E-state index in [2.05, 4.69) is 120 Å². The lowest BCUT2D eigenvalue weighted by molar-refractivity contribution is 0.0235. The predicted octanol–water partition coefficient (Wildman–Crippen LogP) is 9.53. The van der Waals surface area contributed by atoms with Crippen LogP contribution in [0.4, 0.5) is 5.69 Å². The average molecular weight is 518 g/mol. The minimum absolute atomic E-state index is 0.154. The van der Waals surface area contributed by atoms with Gasteiger partial charge in [0.05, 0.1) is 0 Å². The van der Waals surface area contributed by atoms with Gasteiger partial charge in [0, 0.05) is 42.8 Å². The first-order chi connectivity index (χ1) is 18.3. The van der Waals surface area contributed by atoms with E-state index in [1.54, 1.807) is 0 Å². The molecule has 1 saturated carbocycles. The Morgan fingerprint density at radius 2 is 1.64 bits per heavy atom. The van der Waals surface area contributed by atoms with Crippen LogP contribution in [0.1, 0.15) is 76.5 Å². The molecule has 0 unspecified atom stereocenters. The molecular formula is C37H43NO. The van der Waals surface area contributed by atoms with E-state index in [9.17, 15) is 5.11 Å². The van der Waals surface area contributed by atoms with Crippen molar-refractivity contribution in [2.24, 2.45) is 16.2 Å². The van der Waals surface area contributed by atoms with Crippen LogP contribution in [0.2, 0.25) is 0 Å². The van der Waals surface area contributed by atoms with E-state index in [0.29, 0.717) is 5.76 Å². The van der Waals surface area contributed by atoms with Crippen molar-refractivity contribution in [3.05, 3.63) is 89.0 Å². The number of aliphatic hydroxyl groups excluding tert-OH is 1.